The molecule has 0 fully saturated rings. The van der Waals surface area contributed by atoms with Gasteiger partial charge in [-0.25, -0.2) is 0 Å². The van der Waals surface area contributed by atoms with Crippen molar-refractivity contribution in [3.05, 3.63) is 29.8 Å². The molecule has 7 heteroatoms. The first-order chi connectivity index (χ1) is 9.31. The van der Waals surface area contributed by atoms with E-state index in [0.717, 1.165) is 5.56 Å². The number of likely N-dealkylation sites (N-methyl/N-ethyl adjacent to an activating group) is 1. The van der Waals surface area contributed by atoms with Gasteiger partial charge < -0.3 is 16.8 Å². The molecule has 0 saturated carbocycles. The summed E-state index contributed by atoms with van der Waals surface area (Å²) in [5.74, 6) is -0.704. The molecule has 0 heterocycles. The third-order valence-corrected chi connectivity index (χ3v) is 3.12. The molecule has 0 spiro atoms. The molecule has 2 amide bonds. The highest BCUT2D eigenvalue weighted by molar-refractivity contribution is 7.80. The maximum absolute atomic E-state index is 12.0. The van der Waals surface area contributed by atoms with Crippen molar-refractivity contribution in [1.29, 1.82) is 0 Å². The molecule has 1 aromatic rings. The van der Waals surface area contributed by atoms with Gasteiger partial charge in [0.15, 0.2) is 0 Å². The van der Waals surface area contributed by atoms with E-state index in [4.69, 9.17) is 23.7 Å². The Balaban J connectivity index is 2.65. The van der Waals surface area contributed by atoms with E-state index in [9.17, 15) is 9.59 Å². The number of rotatable bonds is 6. The number of thiocarbonyl (C=S) groups is 1. The number of benzene rings is 1. The molecule has 20 heavy (non-hydrogen) atoms. The number of anilines is 1. The van der Waals surface area contributed by atoms with Crippen LogP contribution in [0, 0.1) is 0 Å². The zero-order valence-corrected chi connectivity index (χ0v) is 12.2. The Bertz CT molecular complexity index is 516. The van der Waals surface area contributed by atoms with E-state index in [1.165, 1.54) is 0 Å². The minimum absolute atomic E-state index is 0.0228. The average Bonchev–Trinajstić information content (AvgIpc) is 2.37. The van der Waals surface area contributed by atoms with Gasteiger partial charge in [0, 0.05) is 11.3 Å². The Morgan fingerprint density at radius 2 is 1.85 bits per heavy atom. The molecule has 6 nitrogen and oxygen atoms in total. The highest BCUT2D eigenvalue weighted by Crippen LogP contribution is 2.10. The van der Waals surface area contributed by atoms with Crippen LogP contribution >= 0.6 is 12.2 Å². The van der Waals surface area contributed by atoms with Crippen LogP contribution < -0.4 is 16.8 Å². The lowest BCUT2D eigenvalue weighted by atomic mass is 10.2. The molecule has 1 atom stereocenters. The highest BCUT2D eigenvalue weighted by Gasteiger charge is 2.19. The van der Waals surface area contributed by atoms with Crippen molar-refractivity contribution in [2.75, 3.05) is 18.9 Å². The zero-order valence-electron chi connectivity index (χ0n) is 11.4. The third kappa shape index (κ3) is 4.60. The van der Waals surface area contributed by atoms with Crippen molar-refractivity contribution in [2.45, 2.75) is 13.0 Å². The summed E-state index contributed by atoms with van der Waals surface area (Å²) in [6.07, 6.45) is 0. The van der Waals surface area contributed by atoms with Crippen molar-refractivity contribution >= 4 is 34.7 Å². The summed E-state index contributed by atoms with van der Waals surface area (Å²) in [6, 6.07) is 6.42. The van der Waals surface area contributed by atoms with Gasteiger partial charge in [-0.15, -0.1) is 0 Å². The van der Waals surface area contributed by atoms with Gasteiger partial charge in [-0.3, -0.25) is 14.5 Å². The molecular formula is C13H18N4O2S. The van der Waals surface area contributed by atoms with E-state index < -0.39 is 11.9 Å². The van der Waals surface area contributed by atoms with Gasteiger partial charge in [-0.1, -0.05) is 12.2 Å². The van der Waals surface area contributed by atoms with Crippen molar-refractivity contribution in [3.8, 4) is 0 Å². The lowest BCUT2D eigenvalue weighted by molar-refractivity contribution is -0.123. The number of nitrogens with zero attached hydrogens (tertiary/aromatic N) is 1. The van der Waals surface area contributed by atoms with Crippen LogP contribution in [-0.4, -0.2) is 41.3 Å². The fourth-order valence-corrected chi connectivity index (χ4v) is 1.68. The largest absolute Gasteiger partial charge is 0.389 e. The van der Waals surface area contributed by atoms with Gasteiger partial charge in [-0.05, 0) is 38.2 Å². The van der Waals surface area contributed by atoms with E-state index in [0.29, 0.717) is 10.7 Å². The Labute approximate surface area is 123 Å². The Morgan fingerprint density at radius 1 is 1.30 bits per heavy atom. The quantitative estimate of drug-likeness (QED) is 0.644. The van der Waals surface area contributed by atoms with E-state index in [1.54, 1.807) is 43.1 Å². The SMILES string of the molecule is CC(C(=O)Nc1ccc(C(N)=S)cc1)N(C)CC(N)=O. The summed E-state index contributed by atoms with van der Waals surface area (Å²) in [5.41, 5.74) is 12.0. The summed E-state index contributed by atoms with van der Waals surface area (Å²) in [5, 5.41) is 2.75. The molecule has 0 aromatic heterocycles. The molecule has 0 bridgehead atoms. The summed E-state index contributed by atoms with van der Waals surface area (Å²) < 4.78 is 0. The van der Waals surface area contributed by atoms with E-state index in [2.05, 4.69) is 5.32 Å². The van der Waals surface area contributed by atoms with Crippen LogP contribution in [-0.2, 0) is 9.59 Å². The minimum atomic E-state index is -0.479. The van der Waals surface area contributed by atoms with Crippen molar-refractivity contribution in [1.82, 2.24) is 4.90 Å². The molecule has 0 radical (unpaired) electrons. The second-order valence-electron chi connectivity index (χ2n) is 4.49. The molecule has 0 saturated heterocycles. The van der Waals surface area contributed by atoms with Crippen molar-refractivity contribution in [3.63, 3.8) is 0 Å². The summed E-state index contributed by atoms with van der Waals surface area (Å²) in [6.45, 7) is 1.72. The van der Waals surface area contributed by atoms with Crippen LogP contribution in [0.4, 0.5) is 5.69 Å². The van der Waals surface area contributed by atoms with E-state index in [-0.39, 0.29) is 12.5 Å². The van der Waals surface area contributed by atoms with Gasteiger partial charge in [0.25, 0.3) is 0 Å². The number of nitrogens with one attached hydrogen (secondary N) is 1. The van der Waals surface area contributed by atoms with Crippen LogP contribution in [0.2, 0.25) is 0 Å². The number of amides is 2. The van der Waals surface area contributed by atoms with Crippen LogP contribution in [0.5, 0.6) is 0 Å². The molecule has 1 unspecified atom stereocenters. The number of carbonyl (C=O) groups is 2. The lowest BCUT2D eigenvalue weighted by Crippen LogP contribution is -2.43. The first-order valence-electron chi connectivity index (χ1n) is 6.00. The van der Waals surface area contributed by atoms with Crippen LogP contribution in [0.1, 0.15) is 12.5 Å². The molecule has 5 N–H and O–H groups in total. The summed E-state index contributed by atoms with van der Waals surface area (Å²) in [7, 11) is 1.66. The predicted octanol–water partition coefficient (Wildman–Crippen LogP) is 0.0649. The monoisotopic (exact) mass is 294 g/mol. The van der Waals surface area contributed by atoms with Crippen LogP contribution in [0.15, 0.2) is 24.3 Å². The number of nitrogens with two attached hydrogens (primary N) is 2. The maximum Gasteiger partial charge on any atom is 0.241 e. The maximum atomic E-state index is 12.0. The molecule has 0 aliphatic rings. The first-order valence-corrected chi connectivity index (χ1v) is 6.41. The highest BCUT2D eigenvalue weighted by atomic mass is 32.1. The summed E-state index contributed by atoms with van der Waals surface area (Å²) >= 11 is 4.85. The van der Waals surface area contributed by atoms with Crippen molar-refractivity contribution in [2.24, 2.45) is 11.5 Å². The van der Waals surface area contributed by atoms with Crippen molar-refractivity contribution < 1.29 is 9.59 Å². The van der Waals surface area contributed by atoms with Gasteiger partial charge in [0.1, 0.15) is 4.99 Å². The zero-order chi connectivity index (χ0) is 15.3. The van der Waals surface area contributed by atoms with Gasteiger partial charge in [0.05, 0.1) is 12.6 Å². The fraction of sp³-hybridized carbons (Fsp3) is 0.308. The van der Waals surface area contributed by atoms with Gasteiger partial charge in [0.2, 0.25) is 11.8 Å². The Kier molecular flexibility index (Phi) is 5.60. The topological polar surface area (TPSA) is 101 Å². The smallest absolute Gasteiger partial charge is 0.241 e. The third-order valence-electron chi connectivity index (χ3n) is 2.88. The first kappa shape index (κ1) is 16.1. The Hall–Kier alpha value is -1.99. The standard InChI is InChI=1S/C13H18N4O2S/c1-8(17(2)7-11(14)18)13(19)16-10-5-3-9(4-6-10)12(15)20/h3-6,8H,7H2,1-2H3,(H2,14,18)(H2,15,20)(H,16,19). The fourth-order valence-electron chi connectivity index (χ4n) is 1.55. The normalized spacial score (nSPS) is 11.9. The number of hydrogen-bond acceptors (Lipinski definition) is 4. The molecule has 1 rings (SSSR count). The lowest BCUT2D eigenvalue weighted by Gasteiger charge is -2.22. The van der Waals surface area contributed by atoms with E-state index in [1.807, 2.05) is 0 Å². The van der Waals surface area contributed by atoms with Crippen LogP contribution in [0.25, 0.3) is 0 Å². The number of carbonyl (C=O) groups excluding carboxylic acids is 2. The average molecular weight is 294 g/mol. The number of hydrogen-bond donors (Lipinski definition) is 3. The second-order valence-corrected chi connectivity index (χ2v) is 4.93. The van der Waals surface area contributed by atoms with Gasteiger partial charge in [-0.2, -0.15) is 0 Å². The van der Waals surface area contributed by atoms with Gasteiger partial charge >= 0.3 is 0 Å². The second kappa shape index (κ2) is 6.97. The Morgan fingerprint density at radius 3 is 2.30 bits per heavy atom. The number of primary amides is 1. The predicted molar refractivity (Wildman–Crippen MR) is 82.2 cm³/mol. The molecule has 108 valence electrons. The molecule has 0 aliphatic carbocycles. The molecular weight excluding hydrogens is 276 g/mol. The molecule has 0 aliphatic heterocycles. The summed E-state index contributed by atoms with van der Waals surface area (Å²) in [4.78, 5) is 24.7. The van der Waals surface area contributed by atoms with E-state index >= 15 is 0 Å². The van der Waals surface area contributed by atoms with Crippen LogP contribution in [0.3, 0.4) is 0 Å². The minimum Gasteiger partial charge on any atom is -0.389 e. The molecule has 1 aromatic carbocycles.